The van der Waals surface area contributed by atoms with Crippen LogP contribution in [0.25, 0.3) is 11.0 Å². The van der Waals surface area contributed by atoms with Crippen molar-refractivity contribution in [3.63, 3.8) is 0 Å². The number of aliphatic carboxylic acids is 1. The minimum Gasteiger partial charge on any atom is -0.480 e. The number of hydrogen-bond acceptors (Lipinski definition) is 3. The van der Waals surface area contributed by atoms with Crippen molar-refractivity contribution in [1.29, 1.82) is 0 Å². The van der Waals surface area contributed by atoms with Crippen molar-refractivity contribution >= 4 is 22.9 Å². The zero-order valence-electron chi connectivity index (χ0n) is 10.2. The maximum Gasteiger partial charge on any atom is 0.326 e. The molecule has 0 aliphatic heterocycles. The van der Waals surface area contributed by atoms with Gasteiger partial charge in [-0.25, -0.2) is 9.59 Å². The largest absolute Gasteiger partial charge is 0.480 e. The number of carboxylic acids is 1. The minimum atomic E-state index is -1.08. The van der Waals surface area contributed by atoms with E-state index in [1.165, 1.54) is 12.1 Å². The molecule has 0 aliphatic rings. The summed E-state index contributed by atoms with van der Waals surface area (Å²) in [5.74, 6) is -1.56. The lowest BCUT2D eigenvalue weighted by Gasteiger charge is -2.12. The molecule has 4 N–H and O–H groups in total. The number of rotatable bonds is 4. The third kappa shape index (κ3) is 2.65. The summed E-state index contributed by atoms with van der Waals surface area (Å²) in [5.41, 5.74) is 1.03. The molecule has 0 saturated carbocycles. The number of imidazole rings is 1. The molecule has 1 aromatic carbocycles. The van der Waals surface area contributed by atoms with Crippen LogP contribution in [0.3, 0.4) is 0 Å². The fourth-order valence-corrected chi connectivity index (χ4v) is 1.75. The van der Waals surface area contributed by atoms with Gasteiger partial charge < -0.3 is 20.4 Å². The quantitative estimate of drug-likeness (QED) is 0.641. The number of H-pyrrole nitrogens is 2. The van der Waals surface area contributed by atoms with Crippen LogP contribution in [0.5, 0.6) is 0 Å². The fourth-order valence-electron chi connectivity index (χ4n) is 1.75. The average Bonchev–Trinajstić information content (AvgIpc) is 2.74. The van der Waals surface area contributed by atoms with E-state index in [1.54, 1.807) is 13.0 Å². The van der Waals surface area contributed by atoms with E-state index in [0.717, 1.165) is 0 Å². The Kier molecular flexibility index (Phi) is 3.37. The normalized spacial score (nSPS) is 12.3. The maximum atomic E-state index is 11.9. The van der Waals surface area contributed by atoms with Gasteiger partial charge in [-0.1, -0.05) is 6.92 Å². The van der Waals surface area contributed by atoms with Crippen molar-refractivity contribution in [3.8, 4) is 0 Å². The second kappa shape index (κ2) is 4.97. The predicted molar refractivity (Wildman–Crippen MR) is 68.1 cm³/mol. The molecule has 0 fully saturated rings. The molecule has 1 atom stereocenters. The highest BCUT2D eigenvalue weighted by atomic mass is 16.4. The molecule has 1 unspecified atom stereocenters. The molecule has 7 heteroatoms. The van der Waals surface area contributed by atoms with Crippen LogP contribution in [0.2, 0.25) is 0 Å². The number of nitrogens with one attached hydrogen (secondary N) is 3. The Bertz CT molecular complexity index is 686. The zero-order chi connectivity index (χ0) is 14.0. The number of carbonyl (C=O) groups excluding carboxylic acids is 1. The van der Waals surface area contributed by atoms with Crippen LogP contribution in [0.1, 0.15) is 23.7 Å². The molecule has 19 heavy (non-hydrogen) atoms. The van der Waals surface area contributed by atoms with E-state index in [0.29, 0.717) is 23.0 Å². The smallest absolute Gasteiger partial charge is 0.326 e. The molecule has 100 valence electrons. The van der Waals surface area contributed by atoms with Crippen LogP contribution >= 0.6 is 0 Å². The first-order valence-electron chi connectivity index (χ1n) is 5.77. The average molecular weight is 263 g/mol. The monoisotopic (exact) mass is 263 g/mol. The van der Waals surface area contributed by atoms with Crippen LogP contribution in [-0.2, 0) is 4.79 Å². The molecule has 7 nitrogen and oxygen atoms in total. The van der Waals surface area contributed by atoms with Gasteiger partial charge in [0.1, 0.15) is 6.04 Å². The van der Waals surface area contributed by atoms with E-state index in [9.17, 15) is 14.4 Å². The molecular formula is C12H13N3O4. The second-order valence-electron chi connectivity index (χ2n) is 4.11. The Labute approximate surface area is 107 Å². The number of carbonyl (C=O) groups is 2. The first-order chi connectivity index (χ1) is 9.01. The standard InChI is InChI=1S/C12H13N3O4/c1-2-7(11(17)18)13-10(16)6-3-4-8-9(5-6)15-12(19)14-8/h3-5,7H,2H2,1H3,(H,13,16)(H,17,18)(H2,14,15,19). The van der Waals surface area contributed by atoms with Gasteiger partial charge >= 0.3 is 11.7 Å². The number of hydrogen-bond donors (Lipinski definition) is 4. The van der Waals surface area contributed by atoms with E-state index in [2.05, 4.69) is 15.3 Å². The summed E-state index contributed by atoms with van der Waals surface area (Å²) in [6, 6.07) is 3.69. The zero-order valence-corrected chi connectivity index (χ0v) is 10.2. The first-order valence-corrected chi connectivity index (χ1v) is 5.77. The van der Waals surface area contributed by atoms with Gasteiger partial charge in [0.15, 0.2) is 0 Å². The first kappa shape index (κ1) is 12.9. The fraction of sp³-hybridized carbons (Fsp3) is 0.250. The molecule has 0 saturated heterocycles. The Morgan fingerprint density at radius 3 is 2.63 bits per heavy atom. The number of fused-ring (bicyclic) bond motifs is 1. The van der Waals surface area contributed by atoms with Gasteiger partial charge in [-0.2, -0.15) is 0 Å². The van der Waals surface area contributed by atoms with Crippen LogP contribution < -0.4 is 11.0 Å². The summed E-state index contributed by atoms with van der Waals surface area (Å²) < 4.78 is 0. The summed E-state index contributed by atoms with van der Waals surface area (Å²) in [6.07, 6.45) is 0.296. The SMILES string of the molecule is CCC(NC(=O)c1ccc2[nH]c(=O)[nH]c2c1)C(=O)O. The van der Waals surface area contributed by atoms with E-state index in [-0.39, 0.29) is 5.69 Å². The van der Waals surface area contributed by atoms with Gasteiger partial charge in [-0.3, -0.25) is 4.79 Å². The second-order valence-corrected chi connectivity index (χ2v) is 4.11. The Hall–Kier alpha value is -2.57. The maximum absolute atomic E-state index is 11.9. The summed E-state index contributed by atoms with van der Waals surface area (Å²) in [5, 5.41) is 11.3. The van der Waals surface area contributed by atoms with E-state index in [4.69, 9.17) is 5.11 Å². The van der Waals surface area contributed by atoms with Gasteiger partial charge in [-0.15, -0.1) is 0 Å². The van der Waals surface area contributed by atoms with Gasteiger partial charge in [0.05, 0.1) is 11.0 Å². The lowest BCUT2D eigenvalue weighted by Crippen LogP contribution is -2.40. The van der Waals surface area contributed by atoms with Gasteiger partial charge in [0.2, 0.25) is 0 Å². The highest BCUT2D eigenvalue weighted by molar-refractivity contribution is 5.99. The van der Waals surface area contributed by atoms with Gasteiger partial charge in [0, 0.05) is 5.56 Å². The van der Waals surface area contributed by atoms with E-state index < -0.39 is 17.9 Å². The van der Waals surface area contributed by atoms with Gasteiger partial charge in [-0.05, 0) is 24.6 Å². The third-order valence-corrected chi connectivity index (χ3v) is 2.79. The molecule has 0 aliphatic carbocycles. The van der Waals surface area contributed by atoms with E-state index in [1.807, 2.05) is 0 Å². The molecule has 1 aromatic heterocycles. The summed E-state index contributed by atoms with van der Waals surface area (Å²) in [6.45, 7) is 1.67. The molecule has 1 heterocycles. The number of benzene rings is 1. The highest BCUT2D eigenvalue weighted by Crippen LogP contribution is 2.10. The van der Waals surface area contributed by atoms with Crippen molar-refractivity contribution in [2.75, 3.05) is 0 Å². The molecule has 1 amide bonds. The summed E-state index contributed by atoms with van der Waals surface area (Å²) >= 11 is 0. The lowest BCUT2D eigenvalue weighted by molar-refractivity contribution is -0.139. The van der Waals surface area contributed by atoms with Crippen molar-refractivity contribution < 1.29 is 14.7 Å². The van der Waals surface area contributed by atoms with E-state index >= 15 is 0 Å². The summed E-state index contributed by atoms with van der Waals surface area (Å²) in [7, 11) is 0. The number of aromatic amines is 2. The van der Waals surface area contributed by atoms with Gasteiger partial charge in [0.25, 0.3) is 5.91 Å². The van der Waals surface area contributed by atoms with Crippen molar-refractivity contribution in [2.24, 2.45) is 0 Å². The lowest BCUT2D eigenvalue weighted by atomic mass is 10.1. The Balaban J connectivity index is 2.25. The predicted octanol–water partition coefficient (Wildman–Crippen LogP) is 0.449. The van der Waals surface area contributed by atoms with Crippen molar-refractivity contribution in [3.05, 3.63) is 34.2 Å². The molecule has 2 rings (SSSR count). The van der Waals surface area contributed by atoms with Crippen LogP contribution in [0, 0.1) is 0 Å². The summed E-state index contributed by atoms with van der Waals surface area (Å²) in [4.78, 5) is 38.9. The van der Waals surface area contributed by atoms with Crippen LogP contribution in [-0.4, -0.2) is 33.0 Å². The third-order valence-electron chi connectivity index (χ3n) is 2.79. The number of aromatic nitrogens is 2. The minimum absolute atomic E-state index is 0.294. The number of amides is 1. The topological polar surface area (TPSA) is 115 Å². The molecule has 2 aromatic rings. The molecule has 0 spiro atoms. The Morgan fingerprint density at radius 2 is 2.00 bits per heavy atom. The number of carboxylic acid groups (broad SMARTS) is 1. The van der Waals surface area contributed by atoms with Crippen molar-refractivity contribution in [1.82, 2.24) is 15.3 Å². The van der Waals surface area contributed by atoms with Crippen LogP contribution in [0.15, 0.2) is 23.0 Å². The molecule has 0 radical (unpaired) electrons. The van der Waals surface area contributed by atoms with Crippen LogP contribution in [0.4, 0.5) is 0 Å². The van der Waals surface area contributed by atoms with Crippen molar-refractivity contribution in [2.45, 2.75) is 19.4 Å². The molecule has 0 bridgehead atoms. The molecular weight excluding hydrogens is 250 g/mol. The Morgan fingerprint density at radius 1 is 1.32 bits per heavy atom. The highest BCUT2D eigenvalue weighted by Gasteiger charge is 2.18.